The van der Waals surface area contributed by atoms with E-state index in [4.69, 9.17) is 16.7 Å². The molecule has 1 aliphatic rings. The Morgan fingerprint density at radius 1 is 1.14 bits per heavy atom. The largest absolute Gasteiger partial charge is 0.481 e. The molecule has 21 heavy (non-hydrogen) atoms. The molecule has 1 saturated carbocycles. The SMILES string of the molecule is O=C(O)CC1(CC(=O)NCc2ccc(Cl)cc2)CCCC1. The van der Waals surface area contributed by atoms with Crippen molar-refractivity contribution < 1.29 is 14.7 Å². The highest BCUT2D eigenvalue weighted by Crippen LogP contribution is 2.43. The number of benzene rings is 1. The van der Waals surface area contributed by atoms with E-state index in [0.717, 1.165) is 31.2 Å². The highest BCUT2D eigenvalue weighted by Gasteiger charge is 2.37. The minimum absolute atomic E-state index is 0.0758. The molecule has 0 spiro atoms. The van der Waals surface area contributed by atoms with E-state index >= 15 is 0 Å². The lowest BCUT2D eigenvalue weighted by molar-refractivity contribution is -0.140. The van der Waals surface area contributed by atoms with Crippen LogP contribution < -0.4 is 5.32 Å². The van der Waals surface area contributed by atoms with Crippen LogP contribution in [0.1, 0.15) is 44.1 Å². The van der Waals surface area contributed by atoms with Gasteiger partial charge in [0.15, 0.2) is 0 Å². The van der Waals surface area contributed by atoms with Gasteiger partial charge in [-0.2, -0.15) is 0 Å². The average Bonchev–Trinajstić information content (AvgIpc) is 2.85. The molecule has 0 radical (unpaired) electrons. The zero-order valence-corrected chi connectivity index (χ0v) is 12.7. The van der Waals surface area contributed by atoms with Crippen molar-refractivity contribution in [2.45, 2.75) is 45.1 Å². The van der Waals surface area contributed by atoms with E-state index in [9.17, 15) is 9.59 Å². The average molecular weight is 310 g/mol. The number of hydrogen-bond donors (Lipinski definition) is 2. The molecule has 1 fully saturated rings. The molecule has 114 valence electrons. The van der Waals surface area contributed by atoms with E-state index in [1.54, 1.807) is 12.1 Å². The second-order valence-electron chi connectivity index (χ2n) is 5.86. The minimum atomic E-state index is -0.817. The van der Waals surface area contributed by atoms with Gasteiger partial charge in [-0.25, -0.2) is 0 Å². The molecule has 5 heteroatoms. The minimum Gasteiger partial charge on any atom is -0.481 e. The number of carbonyl (C=O) groups excluding carboxylic acids is 1. The van der Waals surface area contributed by atoms with Crippen LogP contribution in [0, 0.1) is 5.41 Å². The molecule has 2 N–H and O–H groups in total. The van der Waals surface area contributed by atoms with E-state index in [1.165, 1.54) is 0 Å². The lowest BCUT2D eigenvalue weighted by Gasteiger charge is -2.26. The zero-order valence-electron chi connectivity index (χ0n) is 11.9. The van der Waals surface area contributed by atoms with Crippen LogP contribution in [-0.2, 0) is 16.1 Å². The van der Waals surface area contributed by atoms with Crippen LogP contribution in [0.15, 0.2) is 24.3 Å². The molecule has 0 aliphatic heterocycles. The lowest BCUT2D eigenvalue weighted by Crippen LogP contribution is -2.31. The number of carboxylic acid groups (broad SMARTS) is 1. The molecule has 0 aromatic heterocycles. The molecule has 0 bridgehead atoms. The highest BCUT2D eigenvalue weighted by molar-refractivity contribution is 6.30. The third kappa shape index (κ3) is 4.74. The number of carbonyl (C=O) groups is 2. The Labute approximate surface area is 129 Å². The third-order valence-corrected chi connectivity index (χ3v) is 4.38. The summed E-state index contributed by atoms with van der Waals surface area (Å²) in [5.74, 6) is -0.893. The van der Waals surface area contributed by atoms with Crippen molar-refractivity contribution in [2.75, 3.05) is 0 Å². The summed E-state index contributed by atoms with van der Waals surface area (Å²) in [7, 11) is 0. The van der Waals surface area contributed by atoms with Crippen molar-refractivity contribution in [3.8, 4) is 0 Å². The predicted molar refractivity (Wildman–Crippen MR) is 81.1 cm³/mol. The maximum Gasteiger partial charge on any atom is 0.303 e. The highest BCUT2D eigenvalue weighted by atomic mass is 35.5. The number of amides is 1. The predicted octanol–water partition coefficient (Wildman–Crippen LogP) is 3.38. The molecule has 0 saturated heterocycles. The number of rotatable bonds is 6. The Kier molecular flexibility index (Phi) is 5.23. The Bertz CT molecular complexity index is 507. The summed E-state index contributed by atoms with van der Waals surface area (Å²) in [5.41, 5.74) is 0.627. The molecule has 1 aromatic carbocycles. The van der Waals surface area contributed by atoms with E-state index in [-0.39, 0.29) is 17.7 Å². The second-order valence-corrected chi connectivity index (χ2v) is 6.29. The Balaban J connectivity index is 1.87. The number of aliphatic carboxylic acids is 1. The fraction of sp³-hybridized carbons (Fsp3) is 0.500. The van der Waals surface area contributed by atoms with Gasteiger partial charge in [0.25, 0.3) is 0 Å². The van der Waals surface area contributed by atoms with E-state index in [1.807, 2.05) is 12.1 Å². The Morgan fingerprint density at radius 3 is 2.33 bits per heavy atom. The summed E-state index contributed by atoms with van der Waals surface area (Å²) in [6, 6.07) is 7.30. The maximum absolute atomic E-state index is 12.1. The molecular formula is C16H20ClNO3. The van der Waals surface area contributed by atoms with Crippen molar-refractivity contribution in [1.29, 1.82) is 0 Å². The van der Waals surface area contributed by atoms with Crippen LogP contribution in [-0.4, -0.2) is 17.0 Å². The second kappa shape index (κ2) is 6.94. The van der Waals surface area contributed by atoms with Gasteiger partial charge < -0.3 is 10.4 Å². The van der Waals surface area contributed by atoms with Crippen LogP contribution in [0.25, 0.3) is 0 Å². The van der Waals surface area contributed by atoms with Crippen molar-refractivity contribution in [2.24, 2.45) is 5.41 Å². The van der Waals surface area contributed by atoms with Crippen molar-refractivity contribution in [3.05, 3.63) is 34.9 Å². The van der Waals surface area contributed by atoms with Gasteiger partial charge in [-0.15, -0.1) is 0 Å². The first-order chi connectivity index (χ1) is 9.99. The monoisotopic (exact) mass is 309 g/mol. The zero-order chi connectivity index (χ0) is 15.3. The summed E-state index contributed by atoms with van der Waals surface area (Å²) in [5, 5.41) is 12.6. The maximum atomic E-state index is 12.1. The number of carboxylic acids is 1. The van der Waals surface area contributed by atoms with Gasteiger partial charge in [-0.3, -0.25) is 9.59 Å². The summed E-state index contributed by atoms with van der Waals surface area (Å²) < 4.78 is 0. The van der Waals surface area contributed by atoms with Gasteiger partial charge in [-0.1, -0.05) is 36.6 Å². The van der Waals surface area contributed by atoms with Crippen LogP contribution in [0.3, 0.4) is 0 Å². The van der Waals surface area contributed by atoms with Crippen LogP contribution >= 0.6 is 11.6 Å². The first-order valence-corrected chi connectivity index (χ1v) is 7.60. The van der Waals surface area contributed by atoms with Crippen LogP contribution in [0.5, 0.6) is 0 Å². The summed E-state index contributed by atoms with van der Waals surface area (Å²) in [4.78, 5) is 23.1. The molecule has 1 aromatic rings. The fourth-order valence-electron chi connectivity index (χ4n) is 3.07. The van der Waals surface area contributed by atoms with Crippen LogP contribution in [0.4, 0.5) is 0 Å². The summed E-state index contributed by atoms with van der Waals surface area (Å²) in [6.45, 7) is 0.444. The van der Waals surface area contributed by atoms with Crippen molar-refractivity contribution in [1.82, 2.24) is 5.32 Å². The topological polar surface area (TPSA) is 66.4 Å². The van der Waals surface area contributed by atoms with Crippen molar-refractivity contribution in [3.63, 3.8) is 0 Å². The molecule has 0 unspecified atom stereocenters. The Hall–Kier alpha value is -1.55. The fourth-order valence-corrected chi connectivity index (χ4v) is 3.19. The number of nitrogens with one attached hydrogen (secondary N) is 1. The smallest absolute Gasteiger partial charge is 0.303 e. The molecule has 1 amide bonds. The normalized spacial score (nSPS) is 16.6. The molecule has 0 atom stereocenters. The quantitative estimate of drug-likeness (QED) is 0.846. The summed E-state index contributed by atoms with van der Waals surface area (Å²) >= 11 is 5.81. The number of hydrogen-bond acceptors (Lipinski definition) is 2. The van der Waals surface area contributed by atoms with Gasteiger partial charge in [0.05, 0.1) is 6.42 Å². The van der Waals surface area contributed by atoms with Gasteiger partial charge in [0.1, 0.15) is 0 Å². The molecule has 1 aliphatic carbocycles. The van der Waals surface area contributed by atoms with E-state index in [2.05, 4.69) is 5.32 Å². The van der Waals surface area contributed by atoms with Gasteiger partial charge >= 0.3 is 5.97 Å². The standard InChI is InChI=1S/C16H20ClNO3/c17-13-5-3-12(4-6-13)11-18-14(19)9-16(10-15(20)21)7-1-2-8-16/h3-6H,1-2,7-11H2,(H,18,19)(H,20,21). The van der Waals surface area contributed by atoms with Crippen LogP contribution in [0.2, 0.25) is 5.02 Å². The molecule has 4 nitrogen and oxygen atoms in total. The van der Waals surface area contributed by atoms with Gasteiger partial charge in [-0.05, 0) is 36.0 Å². The first-order valence-electron chi connectivity index (χ1n) is 7.22. The lowest BCUT2D eigenvalue weighted by atomic mass is 9.79. The van der Waals surface area contributed by atoms with Gasteiger partial charge in [0.2, 0.25) is 5.91 Å². The molecule has 0 heterocycles. The molecule has 2 rings (SSSR count). The Morgan fingerprint density at radius 2 is 1.76 bits per heavy atom. The van der Waals surface area contributed by atoms with Crippen molar-refractivity contribution >= 4 is 23.5 Å². The van der Waals surface area contributed by atoms with E-state index < -0.39 is 5.97 Å². The summed E-state index contributed by atoms with van der Waals surface area (Å²) in [6.07, 6.45) is 4.06. The third-order valence-electron chi connectivity index (χ3n) is 4.13. The van der Waals surface area contributed by atoms with E-state index in [0.29, 0.717) is 18.0 Å². The molecular weight excluding hydrogens is 290 g/mol. The first kappa shape index (κ1) is 15.8. The van der Waals surface area contributed by atoms with Gasteiger partial charge in [0, 0.05) is 18.0 Å². The number of halogens is 1.